The molecule has 3 rings (SSSR count). The topological polar surface area (TPSA) is 102 Å². The minimum atomic E-state index is -0.521. The Labute approximate surface area is 216 Å². The van der Waals surface area contributed by atoms with Gasteiger partial charge in [0.1, 0.15) is 5.75 Å². The Kier molecular flexibility index (Phi) is 8.85. The molecule has 7 nitrogen and oxygen atoms in total. The van der Waals surface area contributed by atoms with Gasteiger partial charge in [0.15, 0.2) is 0 Å². The lowest BCUT2D eigenvalue weighted by Crippen LogP contribution is -2.41. The van der Waals surface area contributed by atoms with Gasteiger partial charge in [-0.2, -0.15) is 0 Å². The van der Waals surface area contributed by atoms with Crippen LogP contribution in [0.4, 0.5) is 5.69 Å². The van der Waals surface area contributed by atoms with Gasteiger partial charge in [-0.05, 0) is 60.0 Å². The number of carbonyl (C=O) groups is 3. The second-order valence-electron chi connectivity index (χ2n) is 9.25. The summed E-state index contributed by atoms with van der Waals surface area (Å²) in [6.45, 7) is 6.31. The minimum absolute atomic E-state index is 0.141. The van der Waals surface area contributed by atoms with Crippen molar-refractivity contribution in [1.29, 1.82) is 0 Å². The van der Waals surface area contributed by atoms with Crippen LogP contribution in [0.2, 0.25) is 5.02 Å². The summed E-state index contributed by atoms with van der Waals surface area (Å²) in [4.78, 5) is 39.4. The van der Waals surface area contributed by atoms with Gasteiger partial charge in [0, 0.05) is 36.3 Å². The fraction of sp³-hybridized carbons (Fsp3) is 0.250. The molecule has 0 saturated carbocycles. The molecular formula is C28H30ClN3O4. The number of anilines is 1. The lowest BCUT2D eigenvalue weighted by atomic mass is 9.92. The molecule has 0 spiro atoms. The van der Waals surface area contributed by atoms with Crippen molar-refractivity contribution in [3.63, 3.8) is 0 Å². The van der Waals surface area contributed by atoms with Crippen LogP contribution in [0.25, 0.3) is 0 Å². The van der Waals surface area contributed by atoms with Crippen LogP contribution in [-0.2, 0) is 11.3 Å². The maximum atomic E-state index is 13.4. The van der Waals surface area contributed by atoms with Crippen LogP contribution >= 0.6 is 11.6 Å². The number of nitrogens with two attached hydrogens (primary N) is 1. The number of rotatable bonds is 9. The van der Waals surface area contributed by atoms with Crippen molar-refractivity contribution in [3.8, 4) is 5.75 Å². The maximum Gasteiger partial charge on any atom is 0.308 e. The average Bonchev–Trinajstić information content (AvgIpc) is 2.85. The maximum absolute atomic E-state index is 13.4. The van der Waals surface area contributed by atoms with Crippen molar-refractivity contribution in [2.75, 3.05) is 18.4 Å². The molecule has 0 radical (unpaired) electrons. The largest absolute Gasteiger partial charge is 0.426 e. The van der Waals surface area contributed by atoms with Crippen LogP contribution in [0.15, 0.2) is 72.8 Å². The second-order valence-corrected chi connectivity index (χ2v) is 9.65. The highest BCUT2D eigenvalue weighted by atomic mass is 35.5. The average molecular weight is 508 g/mol. The summed E-state index contributed by atoms with van der Waals surface area (Å²) < 4.78 is 5.15. The molecule has 0 atom stereocenters. The molecule has 0 heterocycles. The zero-order valence-corrected chi connectivity index (χ0v) is 21.3. The van der Waals surface area contributed by atoms with E-state index in [1.807, 2.05) is 32.0 Å². The van der Waals surface area contributed by atoms with E-state index in [2.05, 4.69) is 5.32 Å². The van der Waals surface area contributed by atoms with Crippen LogP contribution < -0.4 is 15.8 Å². The third-order valence-electron chi connectivity index (χ3n) is 5.53. The van der Waals surface area contributed by atoms with Crippen molar-refractivity contribution in [3.05, 3.63) is 94.5 Å². The van der Waals surface area contributed by atoms with Crippen LogP contribution in [0, 0.1) is 5.41 Å². The molecule has 3 N–H and O–H groups in total. The molecule has 188 valence electrons. The highest BCUT2D eigenvalue weighted by molar-refractivity contribution is 6.31. The first-order valence-corrected chi connectivity index (χ1v) is 11.9. The zero-order valence-electron chi connectivity index (χ0n) is 20.6. The fourth-order valence-electron chi connectivity index (χ4n) is 3.62. The molecular weight excluding hydrogens is 478 g/mol. The summed E-state index contributed by atoms with van der Waals surface area (Å²) in [5, 5.41) is 3.28. The van der Waals surface area contributed by atoms with Crippen LogP contribution in [0.3, 0.4) is 0 Å². The molecule has 0 fully saturated rings. The second kappa shape index (κ2) is 11.8. The molecule has 0 aromatic heterocycles. The van der Waals surface area contributed by atoms with Gasteiger partial charge in [-0.3, -0.25) is 14.4 Å². The zero-order chi connectivity index (χ0) is 26.3. The van der Waals surface area contributed by atoms with E-state index in [1.54, 1.807) is 59.5 Å². The normalized spacial score (nSPS) is 11.0. The van der Waals surface area contributed by atoms with Gasteiger partial charge in [-0.15, -0.1) is 0 Å². The number of nitrogens with zero attached hydrogens (tertiary/aromatic N) is 1. The minimum Gasteiger partial charge on any atom is -0.426 e. The summed E-state index contributed by atoms with van der Waals surface area (Å²) in [5.41, 5.74) is 7.57. The number of para-hydroxylation sites is 1. The van der Waals surface area contributed by atoms with Gasteiger partial charge in [0.25, 0.3) is 11.8 Å². The molecule has 3 aromatic carbocycles. The Bertz CT molecular complexity index is 1240. The Morgan fingerprint density at radius 3 is 2.33 bits per heavy atom. The van der Waals surface area contributed by atoms with E-state index in [0.29, 0.717) is 34.9 Å². The molecule has 2 amide bonds. The van der Waals surface area contributed by atoms with Crippen LogP contribution in [0.5, 0.6) is 5.75 Å². The monoisotopic (exact) mass is 507 g/mol. The quantitative estimate of drug-likeness (QED) is 0.308. The standard InChI is InChI=1S/C28H30ClN3O4/c1-19(33)36-25-12-8-7-11-23(25)26(34)31-22-13-14-24(29)21(15-22)16-32(18-28(2,3)17-30)27(35)20-9-5-4-6-10-20/h4-15H,16-18,30H2,1-3H3,(H,31,34). The van der Waals surface area contributed by atoms with Gasteiger partial charge < -0.3 is 20.7 Å². The number of carbonyl (C=O) groups excluding carboxylic acids is 3. The molecule has 0 bridgehead atoms. The summed E-state index contributed by atoms with van der Waals surface area (Å²) in [5.74, 6) is -0.938. The first-order chi connectivity index (χ1) is 17.1. The molecule has 0 aliphatic heterocycles. The summed E-state index contributed by atoms with van der Waals surface area (Å²) in [6, 6.07) is 20.6. The Morgan fingerprint density at radius 1 is 1.00 bits per heavy atom. The smallest absolute Gasteiger partial charge is 0.308 e. The van der Waals surface area contributed by atoms with Gasteiger partial charge in [0.2, 0.25) is 0 Å². The summed E-state index contributed by atoms with van der Waals surface area (Å²) in [7, 11) is 0. The number of amides is 2. The third kappa shape index (κ3) is 7.16. The highest BCUT2D eigenvalue weighted by Crippen LogP contribution is 2.26. The molecule has 0 unspecified atom stereocenters. The van der Waals surface area contributed by atoms with E-state index in [0.717, 1.165) is 0 Å². The molecule has 0 aliphatic rings. The van der Waals surface area contributed by atoms with E-state index in [9.17, 15) is 14.4 Å². The van der Waals surface area contributed by atoms with E-state index in [-0.39, 0.29) is 29.2 Å². The lowest BCUT2D eigenvalue weighted by molar-refractivity contribution is -0.131. The first kappa shape index (κ1) is 26.9. The third-order valence-corrected chi connectivity index (χ3v) is 5.90. The fourth-order valence-corrected chi connectivity index (χ4v) is 3.80. The Morgan fingerprint density at radius 2 is 1.67 bits per heavy atom. The number of nitrogens with one attached hydrogen (secondary N) is 1. The van der Waals surface area contributed by atoms with E-state index in [1.165, 1.54) is 6.92 Å². The molecule has 0 aliphatic carbocycles. The number of ether oxygens (including phenoxy) is 1. The van der Waals surface area contributed by atoms with Crippen molar-refractivity contribution in [2.45, 2.75) is 27.3 Å². The lowest BCUT2D eigenvalue weighted by Gasteiger charge is -2.32. The Hall–Kier alpha value is -3.68. The van der Waals surface area contributed by atoms with Crippen LogP contribution in [0.1, 0.15) is 47.1 Å². The van der Waals surface area contributed by atoms with Crippen molar-refractivity contribution >= 4 is 35.1 Å². The van der Waals surface area contributed by atoms with Gasteiger partial charge in [0.05, 0.1) is 5.56 Å². The highest BCUT2D eigenvalue weighted by Gasteiger charge is 2.25. The predicted octanol–water partition coefficient (Wildman–Crippen LogP) is 5.14. The van der Waals surface area contributed by atoms with Gasteiger partial charge in [-0.1, -0.05) is 55.8 Å². The molecule has 36 heavy (non-hydrogen) atoms. The number of benzene rings is 3. The van der Waals surface area contributed by atoms with Crippen molar-refractivity contribution in [1.82, 2.24) is 4.90 Å². The molecule has 0 saturated heterocycles. The van der Waals surface area contributed by atoms with E-state index < -0.39 is 11.9 Å². The number of hydrogen-bond donors (Lipinski definition) is 2. The number of hydrogen-bond acceptors (Lipinski definition) is 5. The number of halogens is 1. The Balaban J connectivity index is 1.87. The number of esters is 1. The van der Waals surface area contributed by atoms with Crippen LogP contribution in [-0.4, -0.2) is 35.8 Å². The van der Waals surface area contributed by atoms with Gasteiger partial charge in [-0.25, -0.2) is 0 Å². The predicted molar refractivity (Wildman–Crippen MR) is 141 cm³/mol. The summed E-state index contributed by atoms with van der Waals surface area (Å²) in [6.07, 6.45) is 0. The van der Waals surface area contributed by atoms with Crippen molar-refractivity contribution in [2.24, 2.45) is 11.1 Å². The first-order valence-electron chi connectivity index (χ1n) is 11.5. The SMILES string of the molecule is CC(=O)Oc1ccccc1C(=O)Nc1ccc(Cl)c(CN(CC(C)(C)CN)C(=O)c2ccccc2)c1. The molecule has 3 aromatic rings. The summed E-state index contributed by atoms with van der Waals surface area (Å²) >= 11 is 6.50. The van der Waals surface area contributed by atoms with Crippen molar-refractivity contribution < 1.29 is 19.1 Å². The van der Waals surface area contributed by atoms with Gasteiger partial charge >= 0.3 is 5.97 Å². The molecule has 8 heteroatoms. The van der Waals surface area contributed by atoms with E-state index in [4.69, 9.17) is 22.1 Å². The van der Waals surface area contributed by atoms with E-state index >= 15 is 0 Å².